The maximum Gasteiger partial charge on any atom is 0.195 e. The lowest BCUT2D eigenvalue weighted by molar-refractivity contribution is -0.168. The Kier molecular flexibility index (Phi) is 3.20. The van der Waals surface area contributed by atoms with E-state index < -0.39 is 12.2 Å². The number of rotatable bonds is 2. The number of ketones is 1. The lowest BCUT2D eigenvalue weighted by Crippen LogP contribution is -2.50. The molecule has 0 aromatic carbocycles. The van der Waals surface area contributed by atoms with E-state index in [1.807, 2.05) is 6.92 Å². The molecule has 1 unspecified atom stereocenters. The predicted octanol–water partition coefficient (Wildman–Crippen LogP) is 0.00420. The van der Waals surface area contributed by atoms with Crippen LogP contribution in [0.1, 0.15) is 6.92 Å². The van der Waals surface area contributed by atoms with Gasteiger partial charge in [0.05, 0.1) is 12.7 Å². The standard InChI is InChI=1S/C8H14O4/c1-5-8(11-3)7(9)6(10-2)4-12-5/h5-6,8H,4H2,1-3H3/t5-,6-,8?/m0/s1. The Labute approximate surface area is 71.8 Å². The molecule has 4 nitrogen and oxygen atoms in total. The highest BCUT2D eigenvalue weighted by Gasteiger charge is 2.36. The second-order valence-electron chi connectivity index (χ2n) is 2.82. The average molecular weight is 174 g/mol. The summed E-state index contributed by atoms with van der Waals surface area (Å²) in [7, 11) is 3.00. The van der Waals surface area contributed by atoms with Crippen LogP contribution in [0, 0.1) is 0 Å². The van der Waals surface area contributed by atoms with Gasteiger partial charge in [0.25, 0.3) is 0 Å². The van der Waals surface area contributed by atoms with Crippen LogP contribution in [-0.2, 0) is 19.0 Å². The van der Waals surface area contributed by atoms with Crippen molar-refractivity contribution in [2.45, 2.75) is 25.2 Å². The Hall–Kier alpha value is -0.450. The summed E-state index contributed by atoms with van der Waals surface area (Å²) in [6, 6.07) is 0. The zero-order valence-corrected chi connectivity index (χ0v) is 7.57. The first-order chi connectivity index (χ1) is 5.70. The first-order valence-corrected chi connectivity index (χ1v) is 3.91. The van der Waals surface area contributed by atoms with Crippen LogP contribution in [0.3, 0.4) is 0 Å². The summed E-state index contributed by atoms with van der Waals surface area (Å²) in [5, 5.41) is 0. The fourth-order valence-corrected chi connectivity index (χ4v) is 1.32. The smallest absolute Gasteiger partial charge is 0.195 e. The van der Waals surface area contributed by atoms with Gasteiger partial charge in [-0.1, -0.05) is 0 Å². The third-order valence-electron chi connectivity index (χ3n) is 2.07. The summed E-state index contributed by atoms with van der Waals surface area (Å²) >= 11 is 0. The number of Topliss-reactive ketones (excluding diaryl/α,β-unsaturated/α-hetero) is 1. The quantitative estimate of drug-likeness (QED) is 0.591. The first-order valence-electron chi connectivity index (χ1n) is 3.91. The topological polar surface area (TPSA) is 44.8 Å². The summed E-state index contributed by atoms with van der Waals surface area (Å²) in [5.41, 5.74) is 0. The molecule has 1 rings (SSSR count). The molecule has 0 aliphatic carbocycles. The van der Waals surface area contributed by atoms with Crippen molar-refractivity contribution in [1.82, 2.24) is 0 Å². The fraction of sp³-hybridized carbons (Fsp3) is 0.875. The summed E-state index contributed by atoms with van der Waals surface area (Å²) in [5.74, 6) is -0.0289. The summed E-state index contributed by atoms with van der Waals surface area (Å²) in [4.78, 5) is 11.5. The summed E-state index contributed by atoms with van der Waals surface area (Å²) in [6.07, 6.45) is -1.12. The minimum Gasteiger partial charge on any atom is -0.372 e. The minimum atomic E-state index is -0.483. The third-order valence-corrected chi connectivity index (χ3v) is 2.07. The molecule has 0 aromatic heterocycles. The Morgan fingerprint density at radius 2 is 2.08 bits per heavy atom. The molecule has 4 heteroatoms. The van der Waals surface area contributed by atoms with E-state index >= 15 is 0 Å². The van der Waals surface area contributed by atoms with Gasteiger partial charge in [-0.05, 0) is 6.92 Å². The van der Waals surface area contributed by atoms with Crippen LogP contribution in [0.25, 0.3) is 0 Å². The van der Waals surface area contributed by atoms with E-state index in [0.29, 0.717) is 6.61 Å². The fourth-order valence-electron chi connectivity index (χ4n) is 1.32. The van der Waals surface area contributed by atoms with Crippen LogP contribution < -0.4 is 0 Å². The number of carbonyl (C=O) groups is 1. The van der Waals surface area contributed by atoms with Gasteiger partial charge in [0.15, 0.2) is 5.78 Å². The Morgan fingerprint density at radius 3 is 2.58 bits per heavy atom. The minimum absolute atomic E-state index is 0.0289. The molecule has 0 spiro atoms. The van der Waals surface area contributed by atoms with Crippen molar-refractivity contribution in [3.05, 3.63) is 0 Å². The zero-order valence-electron chi connectivity index (χ0n) is 7.57. The maximum atomic E-state index is 11.5. The number of ether oxygens (including phenoxy) is 3. The monoisotopic (exact) mass is 174 g/mol. The van der Waals surface area contributed by atoms with E-state index in [2.05, 4.69) is 0 Å². The molecule has 0 bridgehead atoms. The van der Waals surface area contributed by atoms with Gasteiger partial charge < -0.3 is 14.2 Å². The van der Waals surface area contributed by atoms with Crippen molar-refractivity contribution in [3.63, 3.8) is 0 Å². The molecule has 3 atom stereocenters. The van der Waals surface area contributed by atoms with Crippen molar-refractivity contribution in [2.24, 2.45) is 0 Å². The molecule has 0 radical (unpaired) electrons. The molecule has 0 saturated carbocycles. The second-order valence-corrected chi connectivity index (χ2v) is 2.82. The van der Waals surface area contributed by atoms with Gasteiger partial charge in [-0.15, -0.1) is 0 Å². The van der Waals surface area contributed by atoms with E-state index in [0.717, 1.165) is 0 Å². The predicted molar refractivity (Wildman–Crippen MR) is 42.0 cm³/mol. The highest BCUT2D eigenvalue weighted by molar-refractivity contribution is 5.88. The van der Waals surface area contributed by atoms with Crippen molar-refractivity contribution >= 4 is 5.78 Å². The van der Waals surface area contributed by atoms with Gasteiger partial charge >= 0.3 is 0 Å². The van der Waals surface area contributed by atoms with Gasteiger partial charge in [-0.3, -0.25) is 4.79 Å². The van der Waals surface area contributed by atoms with E-state index in [-0.39, 0.29) is 11.9 Å². The van der Waals surface area contributed by atoms with E-state index in [9.17, 15) is 4.79 Å². The number of hydrogen-bond acceptors (Lipinski definition) is 4. The normalized spacial score (nSPS) is 36.9. The third kappa shape index (κ3) is 1.65. The number of hydrogen-bond donors (Lipinski definition) is 0. The second kappa shape index (κ2) is 3.98. The van der Waals surface area contributed by atoms with Gasteiger partial charge in [0.1, 0.15) is 12.2 Å². The highest BCUT2D eigenvalue weighted by Crippen LogP contribution is 2.15. The lowest BCUT2D eigenvalue weighted by Gasteiger charge is -2.31. The molecular weight excluding hydrogens is 160 g/mol. The molecule has 0 aromatic rings. The summed E-state index contributed by atoms with van der Waals surface area (Å²) < 4.78 is 15.2. The van der Waals surface area contributed by atoms with Gasteiger partial charge in [0.2, 0.25) is 0 Å². The number of carbonyl (C=O) groups excluding carboxylic acids is 1. The van der Waals surface area contributed by atoms with Crippen molar-refractivity contribution < 1.29 is 19.0 Å². The maximum absolute atomic E-state index is 11.5. The van der Waals surface area contributed by atoms with Crippen molar-refractivity contribution in [3.8, 4) is 0 Å². The Morgan fingerprint density at radius 1 is 1.42 bits per heavy atom. The van der Waals surface area contributed by atoms with Crippen LogP contribution in [0.4, 0.5) is 0 Å². The molecule has 12 heavy (non-hydrogen) atoms. The van der Waals surface area contributed by atoms with E-state index in [1.54, 1.807) is 0 Å². The van der Waals surface area contributed by atoms with Crippen molar-refractivity contribution in [1.29, 1.82) is 0 Å². The van der Waals surface area contributed by atoms with Gasteiger partial charge in [-0.2, -0.15) is 0 Å². The SMILES string of the molecule is COC1C(=O)[C@@H](OC)CO[C@H]1C. The molecule has 1 heterocycles. The lowest BCUT2D eigenvalue weighted by atomic mass is 10.0. The molecule has 0 N–H and O–H groups in total. The first kappa shape index (κ1) is 9.64. The molecule has 70 valence electrons. The van der Waals surface area contributed by atoms with Crippen LogP contribution in [-0.4, -0.2) is 44.9 Å². The van der Waals surface area contributed by atoms with Gasteiger partial charge in [-0.25, -0.2) is 0 Å². The van der Waals surface area contributed by atoms with Crippen LogP contribution in [0.15, 0.2) is 0 Å². The molecule has 1 aliphatic rings. The molecule has 1 aliphatic heterocycles. The molecule has 1 fully saturated rings. The van der Waals surface area contributed by atoms with Crippen molar-refractivity contribution in [2.75, 3.05) is 20.8 Å². The number of methoxy groups -OCH3 is 2. The Bertz CT molecular complexity index is 168. The Balaban J connectivity index is 2.63. The van der Waals surface area contributed by atoms with Crippen LogP contribution >= 0.6 is 0 Å². The molecule has 0 amide bonds. The van der Waals surface area contributed by atoms with E-state index in [4.69, 9.17) is 14.2 Å². The average Bonchev–Trinajstić information content (AvgIpc) is 2.06. The van der Waals surface area contributed by atoms with E-state index in [1.165, 1.54) is 14.2 Å². The molecular formula is C8H14O4. The highest BCUT2D eigenvalue weighted by atomic mass is 16.6. The van der Waals surface area contributed by atoms with Crippen LogP contribution in [0.2, 0.25) is 0 Å². The van der Waals surface area contributed by atoms with Gasteiger partial charge in [0, 0.05) is 14.2 Å². The zero-order chi connectivity index (χ0) is 9.14. The van der Waals surface area contributed by atoms with Crippen LogP contribution in [0.5, 0.6) is 0 Å². The summed E-state index contributed by atoms with van der Waals surface area (Å²) in [6.45, 7) is 2.15. The largest absolute Gasteiger partial charge is 0.372 e. The molecule has 1 saturated heterocycles.